The summed E-state index contributed by atoms with van der Waals surface area (Å²) >= 11 is 0. The number of benzene rings is 3. The van der Waals surface area contributed by atoms with Crippen LogP contribution in [0.4, 0.5) is 5.69 Å². The summed E-state index contributed by atoms with van der Waals surface area (Å²) in [7, 11) is 3.22. The molecule has 0 aliphatic rings. The first-order chi connectivity index (χ1) is 14.2. The van der Waals surface area contributed by atoms with Crippen molar-refractivity contribution in [3.8, 4) is 22.8 Å². The van der Waals surface area contributed by atoms with Crippen LogP contribution >= 0.6 is 0 Å². The van der Waals surface area contributed by atoms with Crippen LogP contribution in [0.25, 0.3) is 22.2 Å². The molecule has 4 rings (SSSR count). The molecule has 0 fully saturated rings. The van der Waals surface area contributed by atoms with Gasteiger partial charge in [0.1, 0.15) is 11.5 Å². The van der Waals surface area contributed by atoms with E-state index in [1.807, 2.05) is 72.8 Å². The van der Waals surface area contributed by atoms with E-state index in [-0.39, 0.29) is 5.91 Å². The Kier molecular flexibility index (Phi) is 5.12. The number of nitrogens with one attached hydrogen (secondary N) is 1. The fraction of sp³-hybridized carbons (Fsp3) is 0.0833. The minimum absolute atomic E-state index is 0.202. The number of ether oxygens (including phenoxy) is 2. The summed E-state index contributed by atoms with van der Waals surface area (Å²) in [5.41, 5.74) is 3.62. The number of fused-ring (bicyclic) bond motifs is 1. The summed E-state index contributed by atoms with van der Waals surface area (Å²) in [4.78, 5) is 17.8. The number of methoxy groups -OCH3 is 2. The molecular formula is C24H20N2O3. The second-order valence-corrected chi connectivity index (χ2v) is 6.49. The second-order valence-electron chi connectivity index (χ2n) is 6.49. The second kappa shape index (κ2) is 8.02. The van der Waals surface area contributed by atoms with Gasteiger partial charge in [-0.2, -0.15) is 0 Å². The van der Waals surface area contributed by atoms with E-state index in [2.05, 4.69) is 5.32 Å². The van der Waals surface area contributed by atoms with Crippen LogP contribution < -0.4 is 14.8 Å². The molecule has 0 atom stereocenters. The summed E-state index contributed by atoms with van der Waals surface area (Å²) < 4.78 is 10.5. The van der Waals surface area contributed by atoms with Crippen molar-refractivity contribution in [3.63, 3.8) is 0 Å². The van der Waals surface area contributed by atoms with Crippen LogP contribution in [-0.2, 0) is 0 Å². The molecule has 1 aromatic heterocycles. The lowest BCUT2D eigenvalue weighted by molar-refractivity contribution is 0.102. The van der Waals surface area contributed by atoms with Crippen molar-refractivity contribution >= 4 is 22.5 Å². The summed E-state index contributed by atoms with van der Waals surface area (Å²) in [6.07, 6.45) is 0. The Morgan fingerprint density at radius 2 is 1.59 bits per heavy atom. The number of hydrogen-bond donors (Lipinski definition) is 1. The Hall–Kier alpha value is -3.86. The van der Waals surface area contributed by atoms with E-state index in [9.17, 15) is 4.79 Å². The third-order valence-electron chi connectivity index (χ3n) is 4.67. The molecule has 5 nitrogen and oxygen atoms in total. The van der Waals surface area contributed by atoms with E-state index in [0.29, 0.717) is 17.0 Å². The van der Waals surface area contributed by atoms with Gasteiger partial charge in [0.2, 0.25) is 0 Å². The number of amides is 1. The van der Waals surface area contributed by atoms with Crippen LogP contribution in [0.15, 0.2) is 78.9 Å². The topological polar surface area (TPSA) is 60.5 Å². The molecule has 0 aliphatic heterocycles. The SMILES string of the molecule is COc1ccc(-c2cc(C(=O)Nc3cccc(OC)c3)c3ccccc3n2)cc1. The average molecular weight is 384 g/mol. The van der Waals surface area contributed by atoms with Crippen molar-refractivity contribution in [2.75, 3.05) is 19.5 Å². The van der Waals surface area contributed by atoms with E-state index in [1.165, 1.54) is 0 Å². The van der Waals surface area contributed by atoms with E-state index < -0.39 is 0 Å². The van der Waals surface area contributed by atoms with Crippen molar-refractivity contribution in [1.29, 1.82) is 0 Å². The van der Waals surface area contributed by atoms with Crippen LogP contribution in [0, 0.1) is 0 Å². The number of aromatic nitrogens is 1. The lowest BCUT2D eigenvalue weighted by atomic mass is 10.0. The van der Waals surface area contributed by atoms with Crippen molar-refractivity contribution in [2.45, 2.75) is 0 Å². The minimum atomic E-state index is -0.202. The summed E-state index contributed by atoms with van der Waals surface area (Å²) in [5.74, 6) is 1.25. The molecule has 3 aromatic carbocycles. The molecule has 1 heterocycles. The van der Waals surface area contributed by atoms with Gasteiger partial charge >= 0.3 is 0 Å². The van der Waals surface area contributed by atoms with E-state index >= 15 is 0 Å². The molecule has 0 bridgehead atoms. The van der Waals surface area contributed by atoms with Gasteiger partial charge in [0.05, 0.1) is 31.0 Å². The third kappa shape index (κ3) is 3.89. The zero-order valence-corrected chi connectivity index (χ0v) is 16.2. The Bertz CT molecular complexity index is 1170. The minimum Gasteiger partial charge on any atom is -0.497 e. The van der Waals surface area contributed by atoms with Crippen LogP contribution in [0.1, 0.15) is 10.4 Å². The van der Waals surface area contributed by atoms with Crippen LogP contribution in [-0.4, -0.2) is 25.1 Å². The van der Waals surface area contributed by atoms with Gasteiger partial charge in [0.25, 0.3) is 5.91 Å². The van der Waals surface area contributed by atoms with Crippen molar-refractivity contribution in [1.82, 2.24) is 4.98 Å². The molecule has 1 amide bonds. The normalized spacial score (nSPS) is 10.6. The fourth-order valence-electron chi connectivity index (χ4n) is 3.17. The smallest absolute Gasteiger partial charge is 0.256 e. The van der Waals surface area contributed by atoms with Crippen LogP contribution in [0.3, 0.4) is 0 Å². The van der Waals surface area contributed by atoms with Gasteiger partial charge in [0.15, 0.2) is 0 Å². The average Bonchev–Trinajstić information content (AvgIpc) is 2.78. The van der Waals surface area contributed by atoms with Gasteiger partial charge in [-0.15, -0.1) is 0 Å². The molecule has 0 aliphatic carbocycles. The number of pyridine rings is 1. The van der Waals surface area contributed by atoms with Gasteiger partial charge in [-0.25, -0.2) is 4.98 Å². The maximum atomic E-state index is 13.1. The number of nitrogens with zero attached hydrogens (tertiary/aromatic N) is 1. The number of para-hydroxylation sites is 1. The Morgan fingerprint density at radius 1 is 0.828 bits per heavy atom. The Morgan fingerprint density at radius 3 is 2.34 bits per heavy atom. The predicted octanol–water partition coefficient (Wildman–Crippen LogP) is 5.17. The van der Waals surface area contributed by atoms with Crippen molar-refractivity contribution < 1.29 is 14.3 Å². The number of anilines is 1. The summed E-state index contributed by atoms with van der Waals surface area (Å²) in [6.45, 7) is 0. The number of carbonyl (C=O) groups excluding carboxylic acids is 1. The van der Waals surface area contributed by atoms with Crippen molar-refractivity contribution in [2.24, 2.45) is 0 Å². The molecule has 29 heavy (non-hydrogen) atoms. The van der Waals surface area contributed by atoms with Gasteiger partial charge in [-0.05, 0) is 48.5 Å². The highest BCUT2D eigenvalue weighted by molar-refractivity contribution is 6.13. The zero-order valence-electron chi connectivity index (χ0n) is 16.2. The maximum absolute atomic E-state index is 13.1. The molecule has 0 saturated carbocycles. The third-order valence-corrected chi connectivity index (χ3v) is 4.67. The van der Waals surface area contributed by atoms with Gasteiger partial charge in [-0.3, -0.25) is 4.79 Å². The first-order valence-corrected chi connectivity index (χ1v) is 9.17. The standard InChI is InChI=1S/C24H20N2O3/c1-28-18-12-10-16(11-13-18)23-15-21(20-8-3-4-9-22(20)26-23)24(27)25-17-6-5-7-19(14-17)29-2/h3-15H,1-2H3,(H,25,27). The molecular weight excluding hydrogens is 364 g/mol. The molecule has 0 spiro atoms. The molecule has 0 saturated heterocycles. The molecule has 4 aromatic rings. The Labute approximate surface area is 168 Å². The fourth-order valence-corrected chi connectivity index (χ4v) is 3.17. The number of hydrogen-bond acceptors (Lipinski definition) is 4. The van der Waals surface area contributed by atoms with E-state index in [1.54, 1.807) is 20.3 Å². The first kappa shape index (κ1) is 18.5. The molecule has 0 unspecified atom stereocenters. The first-order valence-electron chi connectivity index (χ1n) is 9.17. The largest absolute Gasteiger partial charge is 0.497 e. The van der Waals surface area contributed by atoms with Crippen LogP contribution in [0.2, 0.25) is 0 Å². The molecule has 5 heteroatoms. The number of rotatable bonds is 5. The lowest BCUT2D eigenvalue weighted by Gasteiger charge is -2.11. The lowest BCUT2D eigenvalue weighted by Crippen LogP contribution is -2.13. The monoisotopic (exact) mass is 384 g/mol. The van der Waals surface area contributed by atoms with Crippen LogP contribution in [0.5, 0.6) is 11.5 Å². The summed E-state index contributed by atoms with van der Waals surface area (Å²) in [5, 5.41) is 3.75. The highest BCUT2D eigenvalue weighted by Crippen LogP contribution is 2.27. The summed E-state index contributed by atoms with van der Waals surface area (Å²) in [6, 6.07) is 24.3. The van der Waals surface area contributed by atoms with Gasteiger partial charge in [0, 0.05) is 22.7 Å². The maximum Gasteiger partial charge on any atom is 0.256 e. The highest BCUT2D eigenvalue weighted by Gasteiger charge is 2.14. The van der Waals surface area contributed by atoms with E-state index in [4.69, 9.17) is 14.5 Å². The highest BCUT2D eigenvalue weighted by atomic mass is 16.5. The van der Waals surface area contributed by atoms with E-state index in [0.717, 1.165) is 27.9 Å². The zero-order chi connectivity index (χ0) is 20.2. The van der Waals surface area contributed by atoms with Gasteiger partial charge in [-0.1, -0.05) is 24.3 Å². The predicted molar refractivity (Wildman–Crippen MR) is 115 cm³/mol. The Balaban J connectivity index is 1.76. The quantitative estimate of drug-likeness (QED) is 0.516. The molecule has 0 radical (unpaired) electrons. The number of carbonyl (C=O) groups is 1. The molecule has 144 valence electrons. The van der Waals surface area contributed by atoms with Crippen molar-refractivity contribution in [3.05, 3.63) is 84.4 Å². The molecule has 1 N–H and O–H groups in total. The van der Waals surface area contributed by atoms with Gasteiger partial charge < -0.3 is 14.8 Å².